The number of rotatable bonds is 4. The van der Waals surface area contributed by atoms with Gasteiger partial charge in [-0.1, -0.05) is 18.0 Å². The number of benzene rings is 1. The van der Waals surface area contributed by atoms with Crippen molar-refractivity contribution in [3.63, 3.8) is 0 Å². The number of carbonyl (C=O) groups excluding carboxylic acids is 1. The molecule has 26 heavy (non-hydrogen) atoms. The van der Waals surface area contributed by atoms with Gasteiger partial charge in [0.05, 0.1) is 18.2 Å². The maximum Gasteiger partial charge on any atom is 0.244 e. The minimum atomic E-state index is -3.71. The molecule has 3 atom stereocenters. The van der Waals surface area contributed by atoms with E-state index in [4.69, 9.17) is 16.3 Å². The molecule has 1 aromatic rings. The summed E-state index contributed by atoms with van der Waals surface area (Å²) in [6.45, 7) is 1.36. The van der Waals surface area contributed by atoms with Crippen molar-refractivity contribution in [2.24, 2.45) is 17.8 Å². The van der Waals surface area contributed by atoms with Gasteiger partial charge in [-0.05, 0) is 49.3 Å². The lowest BCUT2D eigenvalue weighted by Crippen LogP contribution is -2.40. The zero-order valence-electron chi connectivity index (χ0n) is 14.5. The number of amides is 1. The molecule has 1 amide bonds. The fourth-order valence-corrected chi connectivity index (χ4v) is 6.41. The highest BCUT2D eigenvalue weighted by Crippen LogP contribution is 2.48. The number of ether oxygens (including phenoxy) is 1. The molecule has 8 heteroatoms. The van der Waals surface area contributed by atoms with Gasteiger partial charge in [0.2, 0.25) is 15.9 Å². The predicted octanol–water partition coefficient (Wildman–Crippen LogP) is 2.74. The first-order valence-electron chi connectivity index (χ1n) is 9.13. The summed E-state index contributed by atoms with van der Waals surface area (Å²) in [5.41, 5.74) is 0.481. The van der Waals surface area contributed by atoms with E-state index >= 15 is 0 Å². The minimum absolute atomic E-state index is 0.00533. The van der Waals surface area contributed by atoms with Crippen molar-refractivity contribution in [2.75, 3.05) is 31.6 Å². The minimum Gasteiger partial charge on any atom is -0.379 e. The summed E-state index contributed by atoms with van der Waals surface area (Å²) in [6, 6.07) is 4.66. The van der Waals surface area contributed by atoms with Crippen molar-refractivity contribution in [3.05, 3.63) is 23.2 Å². The molecule has 3 aliphatic rings. The Balaban J connectivity index is 1.53. The highest BCUT2D eigenvalue weighted by atomic mass is 35.5. The highest BCUT2D eigenvalue weighted by Gasteiger charge is 2.43. The van der Waals surface area contributed by atoms with Crippen LogP contribution in [0.4, 0.5) is 5.69 Å². The number of hydrogen-bond acceptors (Lipinski definition) is 4. The summed E-state index contributed by atoms with van der Waals surface area (Å²) in [5, 5.41) is 3.07. The molecule has 0 aromatic heterocycles. The number of nitrogens with one attached hydrogen (secondary N) is 1. The standard InChI is InChI=1S/C18H23ClN2O4S/c19-16-4-3-14(20-18(22)15-10-12-1-2-13(15)9-12)11-17(16)26(23,24)21-5-7-25-8-6-21/h3-4,11-13,15H,1-2,5-10H2,(H,20,22). The molecule has 2 bridgehead atoms. The number of halogens is 1. The topological polar surface area (TPSA) is 75.7 Å². The highest BCUT2D eigenvalue weighted by molar-refractivity contribution is 7.89. The molecular formula is C18H23ClN2O4S. The number of carbonyl (C=O) groups is 1. The molecule has 142 valence electrons. The zero-order valence-corrected chi connectivity index (χ0v) is 16.1. The molecule has 2 saturated carbocycles. The smallest absolute Gasteiger partial charge is 0.244 e. The van der Waals surface area contributed by atoms with Gasteiger partial charge in [-0.25, -0.2) is 8.42 Å². The van der Waals surface area contributed by atoms with Crippen molar-refractivity contribution < 1.29 is 17.9 Å². The molecule has 0 spiro atoms. The van der Waals surface area contributed by atoms with Gasteiger partial charge in [0, 0.05) is 24.7 Å². The molecule has 3 fully saturated rings. The van der Waals surface area contributed by atoms with Crippen LogP contribution in [0.3, 0.4) is 0 Å². The SMILES string of the molecule is O=C(Nc1ccc(Cl)c(S(=O)(=O)N2CCOCC2)c1)C1CC2CCC1C2. The lowest BCUT2D eigenvalue weighted by atomic mass is 9.88. The van der Waals surface area contributed by atoms with Crippen LogP contribution in [0.5, 0.6) is 0 Å². The molecule has 3 unspecified atom stereocenters. The fraction of sp³-hybridized carbons (Fsp3) is 0.611. The number of anilines is 1. The van der Waals surface area contributed by atoms with Gasteiger partial charge in [-0.2, -0.15) is 4.31 Å². The number of hydrogen-bond donors (Lipinski definition) is 1. The van der Waals surface area contributed by atoms with Gasteiger partial charge >= 0.3 is 0 Å². The summed E-state index contributed by atoms with van der Waals surface area (Å²) in [7, 11) is -3.71. The van der Waals surface area contributed by atoms with E-state index in [0.29, 0.717) is 43.8 Å². The van der Waals surface area contributed by atoms with E-state index < -0.39 is 10.0 Å². The quantitative estimate of drug-likeness (QED) is 0.846. The van der Waals surface area contributed by atoms with Crippen molar-refractivity contribution in [2.45, 2.75) is 30.6 Å². The van der Waals surface area contributed by atoms with Gasteiger partial charge < -0.3 is 10.1 Å². The Morgan fingerprint density at radius 3 is 2.62 bits per heavy atom. The second kappa shape index (κ2) is 7.11. The Hall–Kier alpha value is -1.15. The molecule has 6 nitrogen and oxygen atoms in total. The Kier molecular flexibility index (Phi) is 4.98. The largest absolute Gasteiger partial charge is 0.379 e. The second-order valence-electron chi connectivity index (χ2n) is 7.43. The maximum atomic E-state index is 12.9. The van der Waals surface area contributed by atoms with Crippen molar-refractivity contribution in [1.29, 1.82) is 0 Å². The maximum absolute atomic E-state index is 12.9. The zero-order chi connectivity index (χ0) is 18.3. The summed E-state index contributed by atoms with van der Waals surface area (Å²) in [5.74, 6) is 1.19. The van der Waals surface area contributed by atoms with Crippen LogP contribution >= 0.6 is 11.6 Å². The average molecular weight is 399 g/mol. The van der Waals surface area contributed by atoms with E-state index in [-0.39, 0.29) is 21.7 Å². The third-order valence-electron chi connectivity index (χ3n) is 5.86. The number of morpholine rings is 1. The lowest BCUT2D eigenvalue weighted by molar-refractivity contribution is -0.121. The molecule has 2 aliphatic carbocycles. The Bertz CT molecular complexity index is 807. The number of sulfonamides is 1. The number of fused-ring (bicyclic) bond motifs is 2. The van der Waals surface area contributed by atoms with Crippen LogP contribution in [-0.2, 0) is 19.6 Å². The summed E-state index contributed by atoms with van der Waals surface area (Å²) >= 11 is 6.17. The van der Waals surface area contributed by atoms with E-state index in [1.165, 1.54) is 22.9 Å². The Labute approximate surface area is 158 Å². The first-order chi connectivity index (χ1) is 12.4. The molecule has 1 aliphatic heterocycles. The van der Waals surface area contributed by atoms with Crippen LogP contribution in [0, 0.1) is 17.8 Å². The second-order valence-corrected chi connectivity index (χ2v) is 9.75. The normalized spacial score (nSPS) is 29.0. The fourth-order valence-electron chi connectivity index (χ4n) is 4.51. The molecule has 1 aromatic carbocycles. The van der Waals surface area contributed by atoms with Gasteiger partial charge in [0.1, 0.15) is 4.90 Å². The summed E-state index contributed by atoms with van der Waals surface area (Å²) < 4.78 is 32.4. The first kappa shape index (κ1) is 18.2. The van der Waals surface area contributed by atoms with Crippen LogP contribution in [0.25, 0.3) is 0 Å². The van der Waals surface area contributed by atoms with Crippen LogP contribution in [0.2, 0.25) is 5.02 Å². The Morgan fingerprint density at radius 2 is 1.96 bits per heavy atom. The molecule has 1 heterocycles. The van der Waals surface area contributed by atoms with Crippen molar-refractivity contribution >= 4 is 33.2 Å². The van der Waals surface area contributed by atoms with Gasteiger partial charge in [0.15, 0.2) is 0 Å². The first-order valence-corrected chi connectivity index (χ1v) is 11.0. The molecule has 1 saturated heterocycles. The summed E-state index contributed by atoms with van der Waals surface area (Å²) in [4.78, 5) is 12.7. The third-order valence-corrected chi connectivity index (χ3v) is 8.24. The Morgan fingerprint density at radius 1 is 1.19 bits per heavy atom. The number of nitrogens with zero attached hydrogens (tertiary/aromatic N) is 1. The van der Waals surface area contributed by atoms with Crippen LogP contribution in [0.15, 0.2) is 23.1 Å². The van der Waals surface area contributed by atoms with E-state index in [9.17, 15) is 13.2 Å². The van der Waals surface area contributed by atoms with Gasteiger partial charge in [-0.15, -0.1) is 0 Å². The van der Waals surface area contributed by atoms with E-state index in [2.05, 4.69) is 5.32 Å². The molecular weight excluding hydrogens is 376 g/mol. The molecule has 1 N–H and O–H groups in total. The van der Waals surface area contributed by atoms with Crippen LogP contribution in [-0.4, -0.2) is 44.9 Å². The van der Waals surface area contributed by atoms with Gasteiger partial charge in [0.25, 0.3) is 0 Å². The van der Waals surface area contributed by atoms with Gasteiger partial charge in [-0.3, -0.25) is 4.79 Å². The van der Waals surface area contributed by atoms with Crippen LogP contribution in [0.1, 0.15) is 25.7 Å². The molecule has 0 radical (unpaired) electrons. The summed E-state index contributed by atoms with van der Waals surface area (Å²) in [6.07, 6.45) is 4.45. The predicted molar refractivity (Wildman–Crippen MR) is 98.6 cm³/mol. The van der Waals surface area contributed by atoms with Crippen molar-refractivity contribution in [1.82, 2.24) is 4.31 Å². The van der Waals surface area contributed by atoms with E-state index in [1.54, 1.807) is 6.07 Å². The van der Waals surface area contributed by atoms with Crippen LogP contribution < -0.4 is 5.32 Å². The monoisotopic (exact) mass is 398 g/mol. The van der Waals surface area contributed by atoms with E-state index in [1.807, 2.05) is 0 Å². The van der Waals surface area contributed by atoms with Crippen molar-refractivity contribution in [3.8, 4) is 0 Å². The molecule has 4 rings (SSSR count). The van der Waals surface area contributed by atoms with E-state index in [0.717, 1.165) is 19.3 Å². The lowest BCUT2D eigenvalue weighted by Gasteiger charge is -2.26. The average Bonchev–Trinajstić information content (AvgIpc) is 3.27. The third kappa shape index (κ3) is 3.38.